The molecule has 0 saturated heterocycles. The summed E-state index contributed by atoms with van der Waals surface area (Å²) in [7, 11) is 0. The van der Waals surface area contributed by atoms with E-state index in [1.54, 1.807) is 12.5 Å². The van der Waals surface area contributed by atoms with Crippen LogP contribution in [-0.2, 0) is 0 Å². The van der Waals surface area contributed by atoms with E-state index in [4.69, 9.17) is 10.2 Å². The third kappa shape index (κ3) is 2.39. The van der Waals surface area contributed by atoms with Crippen LogP contribution in [0.5, 0.6) is 0 Å². The molecule has 2 N–H and O–H groups in total. The van der Waals surface area contributed by atoms with Crippen LogP contribution in [0.1, 0.15) is 37.8 Å². The molecule has 0 unspecified atom stereocenters. The third-order valence-corrected chi connectivity index (χ3v) is 1.84. The van der Waals surface area contributed by atoms with E-state index in [1.165, 1.54) is 12.8 Å². The molecule has 1 aromatic rings. The SMILES string of the molecule is CCCC[C@H](N)c1ccoc1. The van der Waals surface area contributed by atoms with Crippen LogP contribution in [0, 0.1) is 0 Å². The molecule has 0 aromatic carbocycles. The highest BCUT2D eigenvalue weighted by Gasteiger charge is 2.04. The number of hydrogen-bond donors (Lipinski definition) is 1. The highest BCUT2D eigenvalue weighted by molar-refractivity contribution is 5.10. The Bertz CT molecular complexity index is 181. The van der Waals surface area contributed by atoms with Gasteiger partial charge >= 0.3 is 0 Å². The lowest BCUT2D eigenvalue weighted by atomic mass is 10.1. The minimum absolute atomic E-state index is 0.161. The van der Waals surface area contributed by atoms with Crippen LogP contribution >= 0.6 is 0 Å². The van der Waals surface area contributed by atoms with Gasteiger partial charge < -0.3 is 10.2 Å². The van der Waals surface area contributed by atoms with Crippen LogP contribution in [-0.4, -0.2) is 0 Å². The van der Waals surface area contributed by atoms with Gasteiger partial charge in [-0.15, -0.1) is 0 Å². The van der Waals surface area contributed by atoms with Crippen LogP contribution in [0.4, 0.5) is 0 Å². The van der Waals surface area contributed by atoms with Gasteiger partial charge in [-0.05, 0) is 12.5 Å². The first-order valence-electron chi connectivity index (χ1n) is 4.12. The maximum absolute atomic E-state index is 5.87. The van der Waals surface area contributed by atoms with E-state index in [9.17, 15) is 0 Å². The summed E-state index contributed by atoms with van der Waals surface area (Å²) >= 11 is 0. The number of rotatable bonds is 4. The zero-order valence-corrected chi connectivity index (χ0v) is 6.92. The first kappa shape index (κ1) is 8.34. The summed E-state index contributed by atoms with van der Waals surface area (Å²) in [6.45, 7) is 2.17. The van der Waals surface area contributed by atoms with E-state index in [2.05, 4.69) is 6.92 Å². The fourth-order valence-corrected chi connectivity index (χ4v) is 1.08. The summed E-state index contributed by atoms with van der Waals surface area (Å²) in [6.07, 6.45) is 6.83. The summed E-state index contributed by atoms with van der Waals surface area (Å²) in [4.78, 5) is 0. The average molecular weight is 153 g/mol. The second kappa shape index (κ2) is 4.19. The number of unbranched alkanes of at least 4 members (excludes halogenated alkanes) is 1. The van der Waals surface area contributed by atoms with Gasteiger partial charge in [-0.25, -0.2) is 0 Å². The van der Waals surface area contributed by atoms with Crippen LogP contribution in [0.3, 0.4) is 0 Å². The van der Waals surface area contributed by atoms with Crippen molar-refractivity contribution in [3.05, 3.63) is 24.2 Å². The topological polar surface area (TPSA) is 39.2 Å². The zero-order chi connectivity index (χ0) is 8.10. The fraction of sp³-hybridized carbons (Fsp3) is 0.556. The van der Waals surface area contributed by atoms with Crippen molar-refractivity contribution < 1.29 is 4.42 Å². The van der Waals surface area contributed by atoms with Crippen molar-refractivity contribution in [1.29, 1.82) is 0 Å². The molecule has 1 aromatic heterocycles. The molecule has 0 aliphatic heterocycles. The molecule has 0 aliphatic rings. The van der Waals surface area contributed by atoms with E-state index >= 15 is 0 Å². The van der Waals surface area contributed by atoms with Crippen LogP contribution in [0.25, 0.3) is 0 Å². The Hall–Kier alpha value is -0.760. The number of hydrogen-bond acceptors (Lipinski definition) is 2. The Kier molecular flexibility index (Phi) is 3.17. The van der Waals surface area contributed by atoms with Gasteiger partial charge in [0, 0.05) is 11.6 Å². The van der Waals surface area contributed by atoms with Crippen LogP contribution in [0.15, 0.2) is 23.0 Å². The predicted molar refractivity (Wildman–Crippen MR) is 45.2 cm³/mol. The summed E-state index contributed by atoms with van der Waals surface area (Å²) in [6, 6.07) is 2.09. The molecule has 1 rings (SSSR count). The van der Waals surface area contributed by atoms with Crippen molar-refractivity contribution >= 4 is 0 Å². The molecule has 11 heavy (non-hydrogen) atoms. The quantitative estimate of drug-likeness (QED) is 0.721. The van der Waals surface area contributed by atoms with Crippen molar-refractivity contribution in [2.45, 2.75) is 32.2 Å². The lowest BCUT2D eigenvalue weighted by Gasteiger charge is -2.06. The molecule has 0 fully saturated rings. The Balaban J connectivity index is 2.36. The molecule has 62 valence electrons. The zero-order valence-electron chi connectivity index (χ0n) is 6.92. The van der Waals surface area contributed by atoms with Crippen LogP contribution < -0.4 is 5.73 Å². The maximum Gasteiger partial charge on any atom is 0.0950 e. The predicted octanol–water partition coefficient (Wildman–Crippen LogP) is 2.47. The molecule has 2 heteroatoms. The van der Waals surface area contributed by atoms with E-state index in [1.807, 2.05) is 6.07 Å². The molecular weight excluding hydrogens is 138 g/mol. The van der Waals surface area contributed by atoms with Gasteiger partial charge in [0.2, 0.25) is 0 Å². The smallest absolute Gasteiger partial charge is 0.0950 e. The molecule has 1 atom stereocenters. The van der Waals surface area contributed by atoms with E-state index in [0.29, 0.717) is 0 Å². The molecule has 2 nitrogen and oxygen atoms in total. The van der Waals surface area contributed by atoms with Gasteiger partial charge in [-0.2, -0.15) is 0 Å². The Morgan fingerprint density at radius 3 is 3.00 bits per heavy atom. The molecule has 1 heterocycles. The van der Waals surface area contributed by atoms with Gasteiger partial charge in [-0.3, -0.25) is 0 Å². The average Bonchev–Trinajstić information content (AvgIpc) is 2.52. The lowest BCUT2D eigenvalue weighted by Crippen LogP contribution is -2.08. The summed E-state index contributed by atoms with van der Waals surface area (Å²) in [5.41, 5.74) is 6.98. The highest BCUT2D eigenvalue weighted by atomic mass is 16.3. The fourth-order valence-electron chi connectivity index (χ4n) is 1.08. The highest BCUT2D eigenvalue weighted by Crippen LogP contribution is 2.16. The van der Waals surface area contributed by atoms with Crippen molar-refractivity contribution in [1.82, 2.24) is 0 Å². The van der Waals surface area contributed by atoms with Crippen molar-refractivity contribution in [3.8, 4) is 0 Å². The van der Waals surface area contributed by atoms with E-state index in [0.717, 1.165) is 12.0 Å². The molecular formula is C9H15NO. The molecule has 0 aliphatic carbocycles. The Morgan fingerprint density at radius 2 is 2.45 bits per heavy atom. The number of furan rings is 1. The molecule has 0 saturated carbocycles. The van der Waals surface area contributed by atoms with Gasteiger partial charge in [0.15, 0.2) is 0 Å². The van der Waals surface area contributed by atoms with Crippen molar-refractivity contribution in [3.63, 3.8) is 0 Å². The molecule has 0 amide bonds. The normalized spacial score (nSPS) is 13.3. The monoisotopic (exact) mass is 153 g/mol. The third-order valence-electron chi connectivity index (χ3n) is 1.84. The van der Waals surface area contributed by atoms with E-state index in [-0.39, 0.29) is 6.04 Å². The first-order valence-corrected chi connectivity index (χ1v) is 4.12. The van der Waals surface area contributed by atoms with Crippen molar-refractivity contribution in [2.75, 3.05) is 0 Å². The second-order valence-electron chi connectivity index (χ2n) is 2.81. The lowest BCUT2D eigenvalue weighted by molar-refractivity contribution is 0.549. The van der Waals surface area contributed by atoms with Crippen molar-refractivity contribution in [2.24, 2.45) is 5.73 Å². The second-order valence-corrected chi connectivity index (χ2v) is 2.81. The number of nitrogens with two attached hydrogens (primary N) is 1. The maximum atomic E-state index is 5.87. The minimum Gasteiger partial charge on any atom is -0.472 e. The Labute approximate surface area is 67.4 Å². The molecule has 0 radical (unpaired) electrons. The summed E-state index contributed by atoms with van der Waals surface area (Å²) in [5.74, 6) is 0. The van der Waals surface area contributed by atoms with Gasteiger partial charge in [-0.1, -0.05) is 19.8 Å². The standard InChI is InChI=1S/C9H15NO/c1-2-3-4-9(10)8-5-6-11-7-8/h5-7,9H,2-4,10H2,1H3/t9-/m0/s1. The van der Waals surface area contributed by atoms with Gasteiger partial charge in [0.05, 0.1) is 12.5 Å². The summed E-state index contributed by atoms with van der Waals surface area (Å²) < 4.78 is 4.94. The van der Waals surface area contributed by atoms with Crippen LogP contribution in [0.2, 0.25) is 0 Å². The molecule has 0 bridgehead atoms. The Morgan fingerprint density at radius 1 is 1.64 bits per heavy atom. The van der Waals surface area contributed by atoms with Gasteiger partial charge in [0.25, 0.3) is 0 Å². The summed E-state index contributed by atoms with van der Waals surface area (Å²) in [5, 5.41) is 0. The molecule has 0 spiro atoms. The van der Waals surface area contributed by atoms with E-state index < -0.39 is 0 Å². The largest absolute Gasteiger partial charge is 0.472 e. The van der Waals surface area contributed by atoms with Gasteiger partial charge in [0.1, 0.15) is 0 Å². The minimum atomic E-state index is 0.161. The first-order chi connectivity index (χ1) is 5.34.